The van der Waals surface area contributed by atoms with Crippen LogP contribution >= 0.6 is 0 Å². The molecule has 0 N–H and O–H groups in total. The monoisotopic (exact) mass is 378 g/mol. The molecule has 1 heterocycles. The maximum atomic E-state index is 14.7. The van der Waals surface area contributed by atoms with Crippen molar-refractivity contribution >= 4 is 0 Å². The molecular formula is C22H25F3O2. The van der Waals surface area contributed by atoms with Gasteiger partial charge >= 0.3 is 0 Å². The standard InChI is InChI=1S/C22H25F3O2/c1-3-5-14-6-7-15(12-19(14)23)17-9-10-18(22(25)21(17)24)20-11-8-16(13-27-20)26-4-2/h6-7,9-10,12,16,20H,3-5,8,11,13H2,1-2H3. The van der Waals surface area contributed by atoms with E-state index >= 15 is 0 Å². The zero-order valence-electron chi connectivity index (χ0n) is 15.7. The summed E-state index contributed by atoms with van der Waals surface area (Å²) in [5.41, 5.74) is 1.17. The van der Waals surface area contributed by atoms with Crippen LogP contribution in [0.5, 0.6) is 0 Å². The van der Waals surface area contributed by atoms with E-state index < -0.39 is 23.6 Å². The van der Waals surface area contributed by atoms with Crippen molar-refractivity contribution < 1.29 is 22.6 Å². The predicted octanol–water partition coefficient (Wildman–Crippen LogP) is 5.98. The molecule has 0 aliphatic carbocycles. The minimum Gasteiger partial charge on any atom is -0.376 e. The number of ether oxygens (including phenoxy) is 2. The number of hydrogen-bond donors (Lipinski definition) is 0. The molecule has 146 valence electrons. The second-order valence-corrected chi connectivity index (χ2v) is 6.86. The summed E-state index contributed by atoms with van der Waals surface area (Å²) in [5, 5.41) is 0. The molecule has 1 saturated heterocycles. The predicted molar refractivity (Wildman–Crippen MR) is 99.1 cm³/mol. The van der Waals surface area contributed by atoms with Crippen LogP contribution in [0, 0.1) is 17.5 Å². The van der Waals surface area contributed by atoms with E-state index in [1.54, 1.807) is 12.1 Å². The van der Waals surface area contributed by atoms with Crippen LogP contribution in [0.15, 0.2) is 30.3 Å². The Morgan fingerprint density at radius 2 is 1.85 bits per heavy atom. The lowest BCUT2D eigenvalue weighted by molar-refractivity contribution is -0.0850. The van der Waals surface area contributed by atoms with Gasteiger partial charge in [-0.25, -0.2) is 13.2 Å². The third kappa shape index (κ3) is 4.36. The van der Waals surface area contributed by atoms with E-state index in [0.717, 1.165) is 12.8 Å². The molecule has 0 saturated carbocycles. The highest BCUT2D eigenvalue weighted by atomic mass is 19.2. The molecule has 1 aliphatic heterocycles. The number of halogens is 3. The molecule has 2 unspecified atom stereocenters. The summed E-state index contributed by atoms with van der Waals surface area (Å²) in [7, 11) is 0. The van der Waals surface area contributed by atoms with Gasteiger partial charge in [0, 0.05) is 17.7 Å². The Balaban J connectivity index is 1.82. The van der Waals surface area contributed by atoms with Gasteiger partial charge < -0.3 is 9.47 Å². The van der Waals surface area contributed by atoms with Crippen molar-refractivity contribution in [3.05, 3.63) is 58.9 Å². The summed E-state index contributed by atoms with van der Waals surface area (Å²) in [6.45, 7) is 4.85. The first kappa shape index (κ1) is 19.9. The Bertz CT molecular complexity index is 783. The first-order valence-electron chi connectivity index (χ1n) is 9.55. The molecule has 3 rings (SSSR count). The SMILES string of the molecule is CCCc1ccc(-c2ccc(C3CCC(OCC)CO3)c(F)c2F)cc1F. The van der Waals surface area contributed by atoms with E-state index in [1.165, 1.54) is 18.2 Å². The van der Waals surface area contributed by atoms with Crippen molar-refractivity contribution in [3.63, 3.8) is 0 Å². The highest BCUT2D eigenvalue weighted by molar-refractivity contribution is 5.65. The zero-order valence-corrected chi connectivity index (χ0v) is 15.7. The quantitative estimate of drug-likeness (QED) is 0.616. The Labute approximate surface area is 158 Å². The molecule has 2 aromatic carbocycles. The molecule has 2 atom stereocenters. The fourth-order valence-electron chi connectivity index (χ4n) is 3.56. The summed E-state index contributed by atoms with van der Waals surface area (Å²) in [6, 6.07) is 7.58. The third-order valence-electron chi connectivity index (χ3n) is 4.98. The minimum atomic E-state index is -0.967. The van der Waals surface area contributed by atoms with E-state index in [4.69, 9.17) is 9.47 Å². The van der Waals surface area contributed by atoms with Gasteiger partial charge in [0.15, 0.2) is 11.6 Å². The number of aryl methyl sites for hydroxylation is 1. The molecule has 0 radical (unpaired) electrons. The Kier molecular flexibility index (Phi) is 6.55. The average Bonchev–Trinajstić information content (AvgIpc) is 2.67. The molecule has 27 heavy (non-hydrogen) atoms. The van der Waals surface area contributed by atoms with Crippen LogP contribution in [0.3, 0.4) is 0 Å². The van der Waals surface area contributed by atoms with E-state index in [9.17, 15) is 13.2 Å². The van der Waals surface area contributed by atoms with Crippen LogP contribution in [0.25, 0.3) is 11.1 Å². The topological polar surface area (TPSA) is 18.5 Å². The molecule has 2 nitrogen and oxygen atoms in total. The van der Waals surface area contributed by atoms with Crippen molar-refractivity contribution in [2.24, 2.45) is 0 Å². The third-order valence-corrected chi connectivity index (χ3v) is 4.98. The van der Waals surface area contributed by atoms with Crippen LogP contribution in [-0.4, -0.2) is 19.3 Å². The maximum Gasteiger partial charge on any atom is 0.167 e. The lowest BCUT2D eigenvalue weighted by Gasteiger charge is -2.29. The molecule has 1 fully saturated rings. The second-order valence-electron chi connectivity index (χ2n) is 6.86. The first-order chi connectivity index (χ1) is 13.0. The highest BCUT2D eigenvalue weighted by Crippen LogP contribution is 2.35. The van der Waals surface area contributed by atoms with Crippen molar-refractivity contribution in [1.29, 1.82) is 0 Å². The molecule has 2 aromatic rings. The van der Waals surface area contributed by atoms with Gasteiger partial charge in [-0.15, -0.1) is 0 Å². The van der Waals surface area contributed by atoms with Crippen LogP contribution in [0.1, 0.15) is 50.3 Å². The van der Waals surface area contributed by atoms with E-state index in [2.05, 4.69) is 0 Å². The fourth-order valence-corrected chi connectivity index (χ4v) is 3.56. The van der Waals surface area contributed by atoms with Crippen LogP contribution < -0.4 is 0 Å². The Morgan fingerprint density at radius 3 is 2.48 bits per heavy atom. The number of rotatable bonds is 6. The summed E-state index contributed by atoms with van der Waals surface area (Å²) in [6.07, 6.45) is 2.26. The minimum absolute atomic E-state index is 0.00282. The summed E-state index contributed by atoms with van der Waals surface area (Å²) in [5.74, 6) is -2.29. The van der Waals surface area contributed by atoms with E-state index in [0.29, 0.717) is 37.2 Å². The van der Waals surface area contributed by atoms with Gasteiger partial charge in [-0.05, 0) is 43.4 Å². The number of benzene rings is 2. The average molecular weight is 378 g/mol. The molecule has 0 spiro atoms. The van der Waals surface area contributed by atoms with Crippen molar-refractivity contribution in [2.75, 3.05) is 13.2 Å². The molecule has 1 aliphatic rings. The normalized spacial score (nSPS) is 20.0. The van der Waals surface area contributed by atoms with E-state index in [1.807, 2.05) is 13.8 Å². The van der Waals surface area contributed by atoms with Crippen LogP contribution in [0.2, 0.25) is 0 Å². The molecular weight excluding hydrogens is 353 g/mol. The van der Waals surface area contributed by atoms with Gasteiger partial charge in [-0.2, -0.15) is 0 Å². The molecule has 0 amide bonds. The van der Waals surface area contributed by atoms with Gasteiger partial charge in [0.2, 0.25) is 0 Å². The van der Waals surface area contributed by atoms with Gasteiger partial charge in [0.05, 0.1) is 18.8 Å². The summed E-state index contributed by atoms with van der Waals surface area (Å²) in [4.78, 5) is 0. The van der Waals surface area contributed by atoms with Gasteiger partial charge in [0.1, 0.15) is 5.82 Å². The molecule has 5 heteroatoms. The van der Waals surface area contributed by atoms with Crippen LogP contribution in [-0.2, 0) is 15.9 Å². The Hall–Kier alpha value is -1.85. The van der Waals surface area contributed by atoms with Gasteiger partial charge in [-0.1, -0.05) is 37.6 Å². The first-order valence-corrected chi connectivity index (χ1v) is 9.55. The zero-order chi connectivity index (χ0) is 19.4. The van der Waals surface area contributed by atoms with Crippen molar-refractivity contribution in [1.82, 2.24) is 0 Å². The lowest BCUT2D eigenvalue weighted by atomic mass is 9.95. The highest BCUT2D eigenvalue weighted by Gasteiger charge is 2.27. The fraction of sp³-hybridized carbons (Fsp3) is 0.455. The largest absolute Gasteiger partial charge is 0.376 e. The summed E-state index contributed by atoms with van der Waals surface area (Å²) < 4.78 is 54.8. The van der Waals surface area contributed by atoms with E-state index in [-0.39, 0.29) is 17.2 Å². The number of hydrogen-bond acceptors (Lipinski definition) is 2. The molecule has 0 bridgehead atoms. The van der Waals surface area contributed by atoms with Crippen LogP contribution in [0.4, 0.5) is 13.2 Å². The summed E-state index contributed by atoms with van der Waals surface area (Å²) >= 11 is 0. The van der Waals surface area contributed by atoms with Crippen molar-refractivity contribution in [2.45, 2.75) is 51.7 Å². The lowest BCUT2D eigenvalue weighted by Crippen LogP contribution is -2.28. The Morgan fingerprint density at radius 1 is 1.04 bits per heavy atom. The second kappa shape index (κ2) is 8.89. The van der Waals surface area contributed by atoms with Gasteiger partial charge in [0.25, 0.3) is 0 Å². The van der Waals surface area contributed by atoms with Gasteiger partial charge in [-0.3, -0.25) is 0 Å². The smallest absolute Gasteiger partial charge is 0.167 e. The van der Waals surface area contributed by atoms with Crippen molar-refractivity contribution in [3.8, 4) is 11.1 Å². The molecule has 0 aromatic heterocycles. The maximum absolute atomic E-state index is 14.7.